The van der Waals surface area contributed by atoms with Crippen molar-refractivity contribution in [3.63, 3.8) is 0 Å². The molecule has 0 atom stereocenters. The number of aryl methyl sites for hydroxylation is 1. The largest absolute Gasteiger partial charge is 0.461 e. The fourth-order valence-electron chi connectivity index (χ4n) is 2.27. The molecule has 0 spiro atoms. The molecule has 3 aromatic heterocycles. The predicted molar refractivity (Wildman–Crippen MR) is 88.1 cm³/mol. The standard InChI is InChI=1S/C16H18FN5OS/c1-4-11-13(17)15(19-9-18-11)24-16-21-20-14(12-6-5-7-23-12)22(16)8-10(2)3/h5-7,9-10H,4,8H2,1-3H3. The summed E-state index contributed by atoms with van der Waals surface area (Å²) >= 11 is 1.15. The summed E-state index contributed by atoms with van der Waals surface area (Å²) in [4.78, 5) is 8.01. The third-order valence-electron chi connectivity index (χ3n) is 3.36. The van der Waals surface area contributed by atoms with Crippen molar-refractivity contribution >= 4 is 11.8 Å². The zero-order valence-corrected chi connectivity index (χ0v) is 14.5. The van der Waals surface area contributed by atoms with Gasteiger partial charge in [0.25, 0.3) is 0 Å². The van der Waals surface area contributed by atoms with E-state index in [-0.39, 0.29) is 5.03 Å². The fourth-order valence-corrected chi connectivity index (χ4v) is 3.11. The molecular formula is C16H18FN5OS. The molecule has 3 rings (SSSR count). The molecular weight excluding hydrogens is 329 g/mol. The lowest BCUT2D eigenvalue weighted by atomic mass is 10.2. The number of nitrogens with zero attached hydrogens (tertiary/aromatic N) is 5. The minimum Gasteiger partial charge on any atom is -0.461 e. The van der Waals surface area contributed by atoms with Crippen LogP contribution in [0.15, 0.2) is 39.3 Å². The molecule has 0 aromatic carbocycles. The number of hydrogen-bond donors (Lipinski definition) is 0. The lowest BCUT2D eigenvalue weighted by Gasteiger charge is -2.11. The van der Waals surface area contributed by atoms with Gasteiger partial charge < -0.3 is 4.42 Å². The molecule has 3 heterocycles. The first-order valence-corrected chi connectivity index (χ1v) is 8.56. The molecule has 0 aliphatic carbocycles. The SMILES string of the molecule is CCc1ncnc(Sc2nnc(-c3ccco3)n2CC(C)C)c1F. The quantitative estimate of drug-likeness (QED) is 0.631. The third kappa shape index (κ3) is 3.33. The second kappa shape index (κ2) is 7.12. The molecule has 0 aliphatic rings. The Kier molecular flexibility index (Phi) is 4.94. The Balaban J connectivity index is 1.99. The van der Waals surface area contributed by atoms with Crippen LogP contribution in [0.1, 0.15) is 26.5 Å². The maximum absolute atomic E-state index is 14.4. The Labute approximate surface area is 143 Å². The van der Waals surface area contributed by atoms with E-state index < -0.39 is 5.82 Å². The van der Waals surface area contributed by atoms with Gasteiger partial charge in [-0.05, 0) is 36.2 Å². The average Bonchev–Trinajstić information content (AvgIpc) is 3.19. The van der Waals surface area contributed by atoms with Crippen LogP contribution in [-0.4, -0.2) is 24.7 Å². The van der Waals surface area contributed by atoms with Crippen molar-refractivity contribution in [1.82, 2.24) is 24.7 Å². The van der Waals surface area contributed by atoms with Gasteiger partial charge >= 0.3 is 0 Å². The summed E-state index contributed by atoms with van der Waals surface area (Å²) in [6.07, 6.45) is 3.48. The van der Waals surface area contributed by atoms with Crippen LogP contribution in [0.25, 0.3) is 11.6 Å². The first-order valence-electron chi connectivity index (χ1n) is 7.74. The van der Waals surface area contributed by atoms with E-state index in [1.54, 1.807) is 12.3 Å². The number of aromatic nitrogens is 5. The van der Waals surface area contributed by atoms with Crippen LogP contribution in [0.3, 0.4) is 0 Å². The minimum absolute atomic E-state index is 0.255. The Bertz CT molecular complexity index is 816. The van der Waals surface area contributed by atoms with Crippen LogP contribution in [0.4, 0.5) is 4.39 Å². The summed E-state index contributed by atoms with van der Waals surface area (Å²) in [6, 6.07) is 3.63. The number of rotatable bonds is 6. The van der Waals surface area contributed by atoms with E-state index in [2.05, 4.69) is 34.0 Å². The summed E-state index contributed by atoms with van der Waals surface area (Å²) in [5, 5.41) is 9.25. The van der Waals surface area contributed by atoms with Crippen LogP contribution in [0.5, 0.6) is 0 Å². The van der Waals surface area contributed by atoms with E-state index in [0.29, 0.717) is 41.3 Å². The van der Waals surface area contributed by atoms with Crippen LogP contribution in [-0.2, 0) is 13.0 Å². The van der Waals surface area contributed by atoms with E-state index in [1.165, 1.54) is 6.33 Å². The van der Waals surface area contributed by atoms with Gasteiger partial charge in [0.1, 0.15) is 11.4 Å². The molecule has 0 N–H and O–H groups in total. The maximum atomic E-state index is 14.4. The van der Waals surface area contributed by atoms with Crippen molar-refractivity contribution < 1.29 is 8.81 Å². The van der Waals surface area contributed by atoms with Gasteiger partial charge in [0.15, 0.2) is 22.6 Å². The molecule has 3 aromatic rings. The van der Waals surface area contributed by atoms with Crippen molar-refractivity contribution in [3.05, 3.63) is 36.2 Å². The summed E-state index contributed by atoms with van der Waals surface area (Å²) in [5.74, 6) is 1.23. The van der Waals surface area contributed by atoms with Crippen molar-refractivity contribution in [2.75, 3.05) is 0 Å². The highest BCUT2D eigenvalue weighted by atomic mass is 32.2. The lowest BCUT2D eigenvalue weighted by Crippen LogP contribution is -2.08. The molecule has 6 nitrogen and oxygen atoms in total. The van der Waals surface area contributed by atoms with Crippen molar-refractivity contribution in [1.29, 1.82) is 0 Å². The van der Waals surface area contributed by atoms with E-state index in [9.17, 15) is 4.39 Å². The van der Waals surface area contributed by atoms with Crippen LogP contribution < -0.4 is 0 Å². The molecule has 0 unspecified atom stereocenters. The van der Waals surface area contributed by atoms with Gasteiger partial charge in [-0.3, -0.25) is 4.57 Å². The van der Waals surface area contributed by atoms with Crippen LogP contribution >= 0.6 is 11.8 Å². The first-order chi connectivity index (χ1) is 11.6. The van der Waals surface area contributed by atoms with Gasteiger partial charge in [0, 0.05) is 6.54 Å². The van der Waals surface area contributed by atoms with E-state index in [1.807, 2.05) is 17.6 Å². The van der Waals surface area contributed by atoms with Crippen LogP contribution in [0, 0.1) is 11.7 Å². The third-order valence-corrected chi connectivity index (χ3v) is 4.32. The molecule has 0 radical (unpaired) electrons. The van der Waals surface area contributed by atoms with Gasteiger partial charge in [0.2, 0.25) is 0 Å². The summed E-state index contributed by atoms with van der Waals surface area (Å²) < 4.78 is 21.8. The van der Waals surface area contributed by atoms with Gasteiger partial charge in [-0.2, -0.15) is 0 Å². The molecule has 0 amide bonds. The topological polar surface area (TPSA) is 69.6 Å². The molecule has 0 saturated heterocycles. The number of furan rings is 1. The Morgan fingerprint density at radius 2 is 2.12 bits per heavy atom. The van der Waals surface area contributed by atoms with Gasteiger partial charge in [-0.25, -0.2) is 14.4 Å². The molecule has 24 heavy (non-hydrogen) atoms. The number of hydrogen-bond acceptors (Lipinski definition) is 6. The number of halogens is 1. The predicted octanol–water partition coefficient (Wildman–Crippen LogP) is 3.84. The highest BCUT2D eigenvalue weighted by Crippen LogP contribution is 2.31. The second-order valence-corrected chi connectivity index (χ2v) is 6.64. The molecule has 0 saturated carbocycles. The van der Waals surface area contributed by atoms with E-state index in [4.69, 9.17) is 4.42 Å². The van der Waals surface area contributed by atoms with Crippen molar-refractivity contribution in [2.45, 2.75) is 43.9 Å². The summed E-state index contributed by atoms with van der Waals surface area (Å²) in [5.41, 5.74) is 0.397. The van der Waals surface area contributed by atoms with Gasteiger partial charge in [-0.15, -0.1) is 10.2 Å². The summed E-state index contributed by atoms with van der Waals surface area (Å²) in [7, 11) is 0. The average molecular weight is 347 g/mol. The highest BCUT2D eigenvalue weighted by molar-refractivity contribution is 7.99. The monoisotopic (exact) mass is 347 g/mol. The molecule has 0 bridgehead atoms. The van der Waals surface area contributed by atoms with Crippen LogP contribution in [0.2, 0.25) is 0 Å². The van der Waals surface area contributed by atoms with Crippen molar-refractivity contribution in [2.24, 2.45) is 5.92 Å². The molecule has 126 valence electrons. The molecule has 0 aliphatic heterocycles. The molecule has 0 fully saturated rings. The van der Waals surface area contributed by atoms with E-state index >= 15 is 0 Å². The second-order valence-electron chi connectivity index (χ2n) is 5.68. The summed E-state index contributed by atoms with van der Waals surface area (Å²) in [6.45, 7) is 6.75. The van der Waals surface area contributed by atoms with Gasteiger partial charge in [0.05, 0.1) is 12.0 Å². The zero-order valence-electron chi connectivity index (χ0n) is 13.7. The molecule has 8 heteroatoms. The maximum Gasteiger partial charge on any atom is 0.200 e. The lowest BCUT2D eigenvalue weighted by molar-refractivity contribution is 0.488. The normalized spacial score (nSPS) is 11.4. The Hall–Kier alpha value is -2.22. The van der Waals surface area contributed by atoms with Gasteiger partial charge in [-0.1, -0.05) is 20.8 Å². The van der Waals surface area contributed by atoms with E-state index in [0.717, 1.165) is 11.8 Å². The fraction of sp³-hybridized carbons (Fsp3) is 0.375. The van der Waals surface area contributed by atoms with Crippen molar-refractivity contribution in [3.8, 4) is 11.6 Å². The zero-order chi connectivity index (χ0) is 17.1. The Morgan fingerprint density at radius 3 is 2.79 bits per heavy atom. The highest BCUT2D eigenvalue weighted by Gasteiger charge is 2.20. The minimum atomic E-state index is -0.399. The smallest absolute Gasteiger partial charge is 0.200 e. The first kappa shape index (κ1) is 16.6. The Morgan fingerprint density at radius 1 is 1.29 bits per heavy atom.